The lowest BCUT2D eigenvalue weighted by Gasteiger charge is -2.18. The number of aromatic hydroxyl groups is 1. The summed E-state index contributed by atoms with van der Waals surface area (Å²) in [5.74, 6) is 0.0186. The molecule has 0 radical (unpaired) electrons. The number of fused-ring (bicyclic) bond motifs is 2. The molecule has 1 aromatic heterocycles. The molecule has 4 rings (SSSR count). The van der Waals surface area contributed by atoms with E-state index in [1.54, 1.807) is 0 Å². The highest BCUT2D eigenvalue weighted by Crippen LogP contribution is 2.35. The molecule has 1 N–H and O–H groups in total. The molecule has 1 aliphatic rings. The van der Waals surface area contributed by atoms with Crippen molar-refractivity contribution in [3.05, 3.63) is 64.4 Å². The minimum absolute atomic E-state index is 0.0290. The van der Waals surface area contributed by atoms with Gasteiger partial charge in [-0.05, 0) is 29.3 Å². The van der Waals surface area contributed by atoms with Gasteiger partial charge < -0.3 is 10.0 Å². The molecule has 2 aromatic carbocycles. The Balaban J connectivity index is 1.80. The highest BCUT2D eigenvalue weighted by Gasteiger charge is 2.22. The number of hydrogen-bond donors (Lipinski definition) is 1. The van der Waals surface area contributed by atoms with Gasteiger partial charge in [-0.25, -0.2) is 9.37 Å². The molecule has 0 aliphatic carbocycles. The Morgan fingerprint density at radius 2 is 1.77 bits per heavy atom. The standard InChI is InChI=1S/C17H12ClFN2O/c18-13-7-15-12(5-14(13)19)6-16(22)17(20-15)21-8-10-3-1-2-4-11(10)9-21/h1-7,22H,8-9H2. The Hall–Kier alpha value is -2.33. The summed E-state index contributed by atoms with van der Waals surface area (Å²) in [5, 5.41) is 10.8. The second kappa shape index (κ2) is 4.85. The monoisotopic (exact) mass is 314 g/mol. The van der Waals surface area contributed by atoms with Crippen LogP contribution in [0.2, 0.25) is 5.02 Å². The molecule has 5 heteroatoms. The van der Waals surface area contributed by atoms with Gasteiger partial charge >= 0.3 is 0 Å². The van der Waals surface area contributed by atoms with E-state index >= 15 is 0 Å². The van der Waals surface area contributed by atoms with Crippen molar-refractivity contribution in [2.75, 3.05) is 4.90 Å². The second-order valence-corrected chi connectivity index (χ2v) is 5.82. The Kier molecular flexibility index (Phi) is 2.94. The van der Waals surface area contributed by atoms with Gasteiger partial charge in [0.15, 0.2) is 11.6 Å². The molecule has 0 fully saturated rings. The molecule has 110 valence electrons. The van der Waals surface area contributed by atoms with Crippen LogP contribution in [0.15, 0.2) is 42.5 Å². The number of hydrogen-bond acceptors (Lipinski definition) is 3. The largest absolute Gasteiger partial charge is 0.504 e. The fourth-order valence-electron chi connectivity index (χ4n) is 2.86. The van der Waals surface area contributed by atoms with Crippen LogP contribution in [-0.2, 0) is 13.1 Å². The van der Waals surface area contributed by atoms with E-state index in [9.17, 15) is 9.50 Å². The molecule has 0 saturated heterocycles. The van der Waals surface area contributed by atoms with Crippen LogP contribution in [0, 0.1) is 5.82 Å². The lowest BCUT2D eigenvalue weighted by molar-refractivity contribution is 0.472. The van der Waals surface area contributed by atoms with Crippen LogP contribution in [0.25, 0.3) is 10.9 Å². The number of anilines is 1. The van der Waals surface area contributed by atoms with E-state index < -0.39 is 5.82 Å². The summed E-state index contributed by atoms with van der Waals surface area (Å²) in [6, 6.07) is 12.4. The van der Waals surface area contributed by atoms with Gasteiger partial charge in [-0.1, -0.05) is 35.9 Å². The van der Waals surface area contributed by atoms with Gasteiger partial charge in [0.05, 0.1) is 10.5 Å². The van der Waals surface area contributed by atoms with E-state index in [1.807, 2.05) is 17.0 Å². The fourth-order valence-corrected chi connectivity index (χ4v) is 3.02. The molecule has 3 aromatic rings. The van der Waals surface area contributed by atoms with Crippen LogP contribution in [0.4, 0.5) is 10.2 Å². The van der Waals surface area contributed by atoms with E-state index in [-0.39, 0.29) is 10.8 Å². The number of halogens is 2. The fraction of sp³-hybridized carbons (Fsp3) is 0.118. The lowest BCUT2D eigenvalue weighted by atomic mass is 10.1. The van der Waals surface area contributed by atoms with Crippen molar-refractivity contribution in [2.24, 2.45) is 0 Å². The summed E-state index contributed by atoms with van der Waals surface area (Å²) in [7, 11) is 0. The number of benzene rings is 2. The van der Waals surface area contributed by atoms with Crippen molar-refractivity contribution >= 4 is 28.3 Å². The maximum absolute atomic E-state index is 13.5. The van der Waals surface area contributed by atoms with Gasteiger partial charge in [0.1, 0.15) is 5.82 Å². The summed E-state index contributed by atoms with van der Waals surface area (Å²) >= 11 is 5.82. The van der Waals surface area contributed by atoms with E-state index in [4.69, 9.17) is 11.6 Å². The molecule has 0 spiro atoms. The Bertz CT molecular complexity index is 872. The van der Waals surface area contributed by atoms with Crippen LogP contribution < -0.4 is 4.90 Å². The maximum Gasteiger partial charge on any atom is 0.172 e. The zero-order valence-corrected chi connectivity index (χ0v) is 12.3. The number of aromatic nitrogens is 1. The summed E-state index contributed by atoms with van der Waals surface area (Å²) in [6.07, 6.45) is 0. The molecule has 1 aliphatic heterocycles. The van der Waals surface area contributed by atoms with Crippen LogP contribution >= 0.6 is 11.6 Å². The van der Waals surface area contributed by atoms with Gasteiger partial charge in [-0.3, -0.25) is 0 Å². The molecule has 22 heavy (non-hydrogen) atoms. The van der Waals surface area contributed by atoms with Gasteiger partial charge in [-0.15, -0.1) is 0 Å². The Morgan fingerprint density at radius 3 is 2.45 bits per heavy atom. The summed E-state index contributed by atoms with van der Waals surface area (Å²) in [5.41, 5.74) is 3.01. The molecule has 0 amide bonds. The topological polar surface area (TPSA) is 36.4 Å². The SMILES string of the molecule is Oc1cc2cc(F)c(Cl)cc2nc1N1Cc2ccccc2C1. The highest BCUT2D eigenvalue weighted by atomic mass is 35.5. The average Bonchev–Trinajstić information content (AvgIpc) is 2.92. The smallest absolute Gasteiger partial charge is 0.172 e. The van der Waals surface area contributed by atoms with Gasteiger partial charge in [0.2, 0.25) is 0 Å². The van der Waals surface area contributed by atoms with Gasteiger partial charge in [0.25, 0.3) is 0 Å². The minimum atomic E-state index is -0.517. The molecule has 0 unspecified atom stereocenters. The highest BCUT2D eigenvalue weighted by molar-refractivity contribution is 6.31. The van der Waals surface area contributed by atoms with E-state index in [0.29, 0.717) is 29.8 Å². The third kappa shape index (κ3) is 2.07. The van der Waals surface area contributed by atoms with Crippen molar-refractivity contribution in [1.29, 1.82) is 0 Å². The average molecular weight is 315 g/mol. The van der Waals surface area contributed by atoms with E-state index in [0.717, 1.165) is 0 Å². The molecule has 0 atom stereocenters. The first-order valence-corrected chi connectivity index (χ1v) is 7.30. The first-order chi connectivity index (χ1) is 10.6. The summed E-state index contributed by atoms with van der Waals surface area (Å²) in [6.45, 7) is 1.38. The van der Waals surface area contributed by atoms with Crippen molar-refractivity contribution in [3.8, 4) is 5.75 Å². The summed E-state index contributed by atoms with van der Waals surface area (Å²) in [4.78, 5) is 6.46. The van der Waals surface area contributed by atoms with E-state index in [1.165, 1.54) is 29.3 Å². The number of pyridine rings is 1. The first kappa shape index (κ1) is 13.3. The van der Waals surface area contributed by atoms with E-state index in [2.05, 4.69) is 17.1 Å². The predicted molar refractivity (Wildman–Crippen MR) is 84.7 cm³/mol. The zero-order chi connectivity index (χ0) is 15.3. The zero-order valence-electron chi connectivity index (χ0n) is 11.6. The Morgan fingerprint density at radius 1 is 1.09 bits per heavy atom. The number of nitrogens with zero attached hydrogens (tertiary/aromatic N) is 2. The van der Waals surface area contributed by atoms with Gasteiger partial charge in [-0.2, -0.15) is 0 Å². The maximum atomic E-state index is 13.5. The minimum Gasteiger partial charge on any atom is -0.504 e. The predicted octanol–water partition coefficient (Wildman–Crippen LogP) is 4.25. The normalized spacial score (nSPS) is 13.6. The third-order valence-corrected chi connectivity index (χ3v) is 4.25. The molecule has 0 saturated carbocycles. The van der Waals surface area contributed by atoms with Crippen LogP contribution in [0.1, 0.15) is 11.1 Å². The van der Waals surface area contributed by atoms with Crippen LogP contribution in [0.3, 0.4) is 0 Å². The van der Waals surface area contributed by atoms with Crippen molar-refractivity contribution in [1.82, 2.24) is 4.98 Å². The first-order valence-electron chi connectivity index (χ1n) is 6.92. The van der Waals surface area contributed by atoms with Crippen LogP contribution in [-0.4, -0.2) is 10.1 Å². The molecule has 0 bridgehead atoms. The van der Waals surface area contributed by atoms with Crippen molar-refractivity contribution in [3.63, 3.8) is 0 Å². The second-order valence-electron chi connectivity index (χ2n) is 5.41. The third-order valence-electron chi connectivity index (χ3n) is 3.96. The van der Waals surface area contributed by atoms with Crippen molar-refractivity contribution in [2.45, 2.75) is 13.1 Å². The molecule has 2 heterocycles. The quantitative estimate of drug-likeness (QED) is 0.729. The molecular weight excluding hydrogens is 303 g/mol. The lowest BCUT2D eigenvalue weighted by Crippen LogP contribution is -2.16. The summed E-state index contributed by atoms with van der Waals surface area (Å²) < 4.78 is 13.5. The van der Waals surface area contributed by atoms with Crippen molar-refractivity contribution < 1.29 is 9.50 Å². The van der Waals surface area contributed by atoms with Crippen LogP contribution in [0.5, 0.6) is 5.75 Å². The molecule has 3 nitrogen and oxygen atoms in total. The Labute approximate surface area is 131 Å². The van der Waals surface area contributed by atoms with Gasteiger partial charge in [0, 0.05) is 18.5 Å². The molecular formula is C17H12ClFN2O. The number of rotatable bonds is 1.